The van der Waals surface area contributed by atoms with Crippen LogP contribution in [0.2, 0.25) is 0 Å². The Morgan fingerprint density at radius 2 is 1.62 bits per heavy atom. The fraction of sp³-hybridized carbons (Fsp3) is 0.211. The van der Waals surface area contributed by atoms with Crippen LogP contribution in [0.3, 0.4) is 0 Å². The molecule has 0 aliphatic heterocycles. The number of carbonyl (C=O) groups is 2. The average molecular weight is 397 g/mol. The van der Waals surface area contributed by atoms with Gasteiger partial charge in [0.15, 0.2) is 0 Å². The van der Waals surface area contributed by atoms with Crippen molar-refractivity contribution in [2.45, 2.75) is 6.92 Å². The third kappa shape index (κ3) is 3.86. The van der Waals surface area contributed by atoms with Crippen molar-refractivity contribution in [1.29, 1.82) is 0 Å². The molecule has 2 heterocycles. The van der Waals surface area contributed by atoms with Gasteiger partial charge in [-0.15, -0.1) is 0 Å². The first kappa shape index (κ1) is 19.8. The first-order chi connectivity index (χ1) is 13.8. The second-order valence-corrected chi connectivity index (χ2v) is 6.17. The van der Waals surface area contributed by atoms with Gasteiger partial charge in [0.25, 0.3) is 17.4 Å². The van der Waals surface area contributed by atoms with E-state index in [0.717, 1.165) is 4.57 Å². The summed E-state index contributed by atoms with van der Waals surface area (Å²) >= 11 is 0. The van der Waals surface area contributed by atoms with Gasteiger partial charge in [0.2, 0.25) is 0 Å². The Kier molecular flexibility index (Phi) is 5.44. The van der Waals surface area contributed by atoms with E-state index in [-0.39, 0.29) is 16.6 Å². The monoisotopic (exact) mass is 397 g/mol. The number of hydrogen-bond acceptors (Lipinski definition) is 6. The van der Waals surface area contributed by atoms with E-state index < -0.39 is 23.1 Å². The van der Waals surface area contributed by atoms with Crippen LogP contribution in [0.1, 0.15) is 27.6 Å². The summed E-state index contributed by atoms with van der Waals surface area (Å²) in [6.45, 7) is 2.37. The molecular formula is C19H19N5O5. The van der Waals surface area contributed by atoms with Crippen LogP contribution in [-0.2, 0) is 14.1 Å². The summed E-state index contributed by atoms with van der Waals surface area (Å²) in [5.74, 6) is -0.547. The first-order valence-corrected chi connectivity index (χ1v) is 8.72. The number of aromatic nitrogens is 3. The number of ether oxygens (including phenoxy) is 1. The highest BCUT2D eigenvalue weighted by Gasteiger charge is 2.14. The quantitative estimate of drug-likeness (QED) is 0.602. The molecular weight excluding hydrogens is 378 g/mol. The SMILES string of the molecule is CCOc1ccc(C(=O)NNC(=O)c2cnc3c(c2)c(=O)n(C)c(=O)n3C)cc1. The van der Waals surface area contributed by atoms with Crippen molar-refractivity contribution in [3.05, 3.63) is 68.5 Å². The van der Waals surface area contributed by atoms with Crippen molar-refractivity contribution in [3.63, 3.8) is 0 Å². The van der Waals surface area contributed by atoms with E-state index in [1.807, 2.05) is 6.92 Å². The molecule has 1 aromatic carbocycles. The summed E-state index contributed by atoms with van der Waals surface area (Å²) in [6.07, 6.45) is 1.22. The lowest BCUT2D eigenvalue weighted by atomic mass is 10.2. The second kappa shape index (κ2) is 7.97. The van der Waals surface area contributed by atoms with Gasteiger partial charge in [-0.05, 0) is 37.3 Å². The number of nitrogens with one attached hydrogen (secondary N) is 2. The fourth-order valence-corrected chi connectivity index (χ4v) is 2.72. The zero-order valence-electron chi connectivity index (χ0n) is 16.1. The molecule has 10 nitrogen and oxygen atoms in total. The van der Waals surface area contributed by atoms with E-state index in [2.05, 4.69) is 15.8 Å². The number of benzene rings is 1. The van der Waals surface area contributed by atoms with Crippen LogP contribution in [0.25, 0.3) is 11.0 Å². The summed E-state index contributed by atoms with van der Waals surface area (Å²) in [6, 6.07) is 7.74. The summed E-state index contributed by atoms with van der Waals surface area (Å²) in [5, 5.41) is 0.111. The van der Waals surface area contributed by atoms with Gasteiger partial charge in [-0.2, -0.15) is 0 Å². The Hall–Kier alpha value is -3.95. The molecule has 0 aliphatic rings. The minimum atomic E-state index is -0.658. The van der Waals surface area contributed by atoms with E-state index in [1.165, 1.54) is 30.9 Å². The highest BCUT2D eigenvalue weighted by atomic mass is 16.5. The van der Waals surface area contributed by atoms with Crippen molar-refractivity contribution in [2.75, 3.05) is 6.61 Å². The molecule has 3 rings (SSSR count). The molecule has 10 heteroatoms. The number of amides is 2. The number of hydrazine groups is 1. The number of carbonyl (C=O) groups excluding carboxylic acids is 2. The van der Waals surface area contributed by atoms with Gasteiger partial charge in [0.05, 0.1) is 17.6 Å². The van der Waals surface area contributed by atoms with Crippen LogP contribution in [0.15, 0.2) is 46.1 Å². The van der Waals surface area contributed by atoms with Gasteiger partial charge >= 0.3 is 5.69 Å². The lowest BCUT2D eigenvalue weighted by molar-refractivity contribution is 0.0846. The molecule has 2 amide bonds. The molecule has 0 unspecified atom stereocenters. The van der Waals surface area contributed by atoms with Crippen molar-refractivity contribution >= 4 is 22.8 Å². The lowest BCUT2D eigenvalue weighted by Gasteiger charge is -2.10. The third-order valence-corrected chi connectivity index (χ3v) is 4.27. The molecule has 3 aromatic rings. The Morgan fingerprint density at radius 1 is 1.00 bits per heavy atom. The average Bonchev–Trinajstić information content (AvgIpc) is 2.74. The minimum Gasteiger partial charge on any atom is -0.494 e. The predicted octanol–water partition coefficient (Wildman–Crippen LogP) is 0.106. The number of aryl methyl sites for hydroxylation is 1. The van der Waals surface area contributed by atoms with Crippen LogP contribution in [0.5, 0.6) is 5.75 Å². The van der Waals surface area contributed by atoms with E-state index in [9.17, 15) is 19.2 Å². The molecule has 0 atom stereocenters. The van der Waals surface area contributed by atoms with Crippen molar-refractivity contribution in [1.82, 2.24) is 25.0 Å². The van der Waals surface area contributed by atoms with Crippen LogP contribution in [0, 0.1) is 0 Å². The molecule has 29 heavy (non-hydrogen) atoms. The molecule has 0 aliphatic carbocycles. The van der Waals surface area contributed by atoms with Crippen LogP contribution < -0.4 is 26.8 Å². The zero-order chi connectivity index (χ0) is 21.1. The number of hydrogen-bond donors (Lipinski definition) is 2. The first-order valence-electron chi connectivity index (χ1n) is 8.72. The summed E-state index contributed by atoms with van der Waals surface area (Å²) < 4.78 is 7.45. The van der Waals surface area contributed by atoms with Crippen LogP contribution in [0.4, 0.5) is 0 Å². The van der Waals surface area contributed by atoms with Gasteiger partial charge in [0, 0.05) is 25.9 Å². The Labute approximate surface area is 164 Å². The maximum Gasteiger partial charge on any atom is 0.332 e. The number of nitrogens with zero attached hydrogens (tertiary/aromatic N) is 3. The Bertz CT molecular complexity index is 1210. The fourth-order valence-electron chi connectivity index (χ4n) is 2.72. The molecule has 0 bridgehead atoms. The Balaban J connectivity index is 1.77. The van der Waals surface area contributed by atoms with E-state index >= 15 is 0 Å². The van der Waals surface area contributed by atoms with Crippen LogP contribution >= 0.6 is 0 Å². The predicted molar refractivity (Wildman–Crippen MR) is 105 cm³/mol. The molecule has 2 N–H and O–H groups in total. The molecule has 0 spiro atoms. The standard InChI is InChI=1S/C19H19N5O5/c1-4-29-13-7-5-11(6-8-13)16(25)21-22-17(26)12-9-14-15(20-10-12)23(2)19(28)24(3)18(14)27/h5-10H,4H2,1-3H3,(H,21,25)(H,22,26). The number of rotatable bonds is 4. The maximum atomic E-state index is 12.3. The molecule has 2 aromatic heterocycles. The number of pyridine rings is 1. The summed E-state index contributed by atoms with van der Waals surface area (Å²) in [5.41, 5.74) is 4.03. The maximum absolute atomic E-state index is 12.3. The molecule has 0 saturated carbocycles. The van der Waals surface area contributed by atoms with Crippen molar-refractivity contribution in [2.24, 2.45) is 14.1 Å². The van der Waals surface area contributed by atoms with Gasteiger partial charge in [0.1, 0.15) is 11.4 Å². The molecule has 150 valence electrons. The highest BCUT2D eigenvalue weighted by molar-refractivity contribution is 6.00. The number of fused-ring (bicyclic) bond motifs is 1. The normalized spacial score (nSPS) is 10.6. The van der Waals surface area contributed by atoms with Crippen molar-refractivity contribution in [3.8, 4) is 5.75 Å². The van der Waals surface area contributed by atoms with E-state index in [1.54, 1.807) is 24.3 Å². The third-order valence-electron chi connectivity index (χ3n) is 4.27. The van der Waals surface area contributed by atoms with Crippen molar-refractivity contribution < 1.29 is 14.3 Å². The van der Waals surface area contributed by atoms with E-state index in [4.69, 9.17) is 4.74 Å². The van der Waals surface area contributed by atoms with Gasteiger partial charge in [-0.25, -0.2) is 9.78 Å². The topological polar surface area (TPSA) is 124 Å². The largest absolute Gasteiger partial charge is 0.494 e. The smallest absolute Gasteiger partial charge is 0.332 e. The summed E-state index contributed by atoms with van der Waals surface area (Å²) in [4.78, 5) is 52.8. The second-order valence-electron chi connectivity index (χ2n) is 6.17. The van der Waals surface area contributed by atoms with E-state index in [0.29, 0.717) is 17.9 Å². The minimum absolute atomic E-state index is 0.0558. The van der Waals surface area contributed by atoms with Gasteiger partial charge in [-0.3, -0.25) is 34.4 Å². The van der Waals surface area contributed by atoms with Crippen LogP contribution in [-0.4, -0.2) is 32.5 Å². The highest BCUT2D eigenvalue weighted by Crippen LogP contribution is 2.12. The van der Waals surface area contributed by atoms with Gasteiger partial charge < -0.3 is 4.74 Å². The van der Waals surface area contributed by atoms with Gasteiger partial charge in [-0.1, -0.05) is 0 Å². The lowest BCUT2D eigenvalue weighted by Crippen LogP contribution is -2.42. The molecule has 0 saturated heterocycles. The zero-order valence-corrected chi connectivity index (χ0v) is 16.1. The molecule has 0 radical (unpaired) electrons. The Morgan fingerprint density at radius 3 is 2.24 bits per heavy atom. The molecule has 0 fully saturated rings. The summed E-state index contributed by atoms with van der Waals surface area (Å²) in [7, 11) is 2.82.